The lowest BCUT2D eigenvalue weighted by Crippen LogP contribution is -2.38. The average Bonchev–Trinajstić information content (AvgIpc) is 3.21. The molecule has 1 N–H and O–H groups in total. The lowest BCUT2D eigenvalue weighted by atomic mass is 9.94. The van der Waals surface area contributed by atoms with E-state index >= 15 is 0 Å². The highest BCUT2D eigenvalue weighted by Gasteiger charge is 2.30. The van der Waals surface area contributed by atoms with Gasteiger partial charge in [-0.25, -0.2) is 8.42 Å². The predicted octanol–water partition coefficient (Wildman–Crippen LogP) is 3.07. The van der Waals surface area contributed by atoms with Gasteiger partial charge in [0.25, 0.3) is 0 Å². The van der Waals surface area contributed by atoms with Crippen molar-refractivity contribution in [2.24, 2.45) is 0 Å². The van der Waals surface area contributed by atoms with Crippen LogP contribution in [0, 0.1) is 0 Å². The maximum absolute atomic E-state index is 13.1. The van der Waals surface area contributed by atoms with Gasteiger partial charge >= 0.3 is 0 Å². The van der Waals surface area contributed by atoms with Crippen LogP contribution in [0.3, 0.4) is 0 Å². The van der Waals surface area contributed by atoms with Crippen molar-refractivity contribution in [1.82, 2.24) is 24.5 Å². The summed E-state index contributed by atoms with van der Waals surface area (Å²) < 4.78 is 27.7. The maximum Gasteiger partial charge on any atom is 0.243 e. The summed E-state index contributed by atoms with van der Waals surface area (Å²) in [5.41, 5.74) is 2.49. The highest BCUT2D eigenvalue weighted by Crippen LogP contribution is 2.31. The molecule has 28 heavy (non-hydrogen) atoms. The molecular weight excluding hydrogens is 374 g/mol. The van der Waals surface area contributed by atoms with Crippen molar-refractivity contribution < 1.29 is 8.42 Å². The van der Waals surface area contributed by atoms with Gasteiger partial charge in [-0.3, -0.25) is 4.98 Å². The van der Waals surface area contributed by atoms with Crippen LogP contribution in [0.25, 0.3) is 21.9 Å². The molecule has 0 radical (unpaired) electrons. The highest BCUT2D eigenvalue weighted by atomic mass is 32.2. The fourth-order valence-electron chi connectivity index (χ4n) is 3.83. The Bertz CT molecular complexity index is 1260. The number of nitrogens with zero attached hydrogens (tertiary/aromatic N) is 4. The molecule has 0 saturated carbocycles. The second-order valence-electron chi connectivity index (χ2n) is 7.09. The van der Waals surface area contributed by atoms with Crippen LogP contribution >= 0.6 is 0 Å². The predicted molar refractivity (Wildman–Crippen MR) is 106 cm³/mol. The number of benzene rings is 1. The number of piperidine rings is 1. The molecule has 4 heterocycles. The van der Waals surface area contributed by atoms with Gasteiger partial charge in [0.05, 0.1) is 16.1 Å². The first-order valence-corrected chi connectivity index (χ1v) is 10.7. The van der Waals surface area contributed by atoms with E-state index in [1.165, 1.54) is 0 Å². The zero-order valence-electron chi connectivity index (χ0n) is 15.1. The summed E-state index contributed by atoms with van der Waals surface area (Å²) in [6, 6.07) is 12.8. The van der Waals surface area contributed by atoms with Crippen molar-refractivity contribution in [2.45, 2.75) is 23.7 Å². The number of rotatable bonds is 3. The topological polar surface area (TPSA) is 91.8 Å². The summed E-state index contributed by atoms with van der Waals surface area (Å²) in [6.45, 7) is 0.954. The number of H-pyrrole nitrogens is 1. The van der Waals surface area contributed by atoms with Crippen molar-refractivity contribution in [3.05, 3.63) is 60.6 Å². The Labute approximate surface area is 162 Å². The van der Waals surface area contributed by atoms with Crippen LogP contribution in [0.1, 0.15) is 24.5 Å². The highest BCUT2D eigenvalue weighted by molar-refractivity contribution is 7.89. The first-order valence-electron chi connectivity index (χ1n) is 9.27. The summed E-state index contributed by atoms with van der Waals surface area (Å²) in [6.07, 6.45) is 5.02. The van der Waals surface area contributed by atoms with Crippen LogP contribution in [-0.2, 0) is 10.0 Å². The largest absolute Gasteiger partial charge is 0.345 e. The van der Waals surface area contributed by atoms with Crippen LogP contribution in [0.5, 0.6) is 0 Å². The fourth-order valence-corrected chi connectivity index (χ4v) is 5.33. The molecule has 0 unspecified atom stereocenters. The Kier molecular flexibility index (Phi) is 4.10. The number of hydrogen-bond donors (Lipinski definition) is 1. The van der Waals surface area contributed by atoms with E-state index in [2.05, 4.69) is 20.2 Å². The minimum Gasteiger partial charge on any atom is -0.345 e. The maximum atomic E-state index is 13.1. The van der Waals surface area contributed by atoms with Crippen LogP contribution in [0.15, 0.2) is 59.8 Å². The van der Waals surface area contributed by atoms with Gasteiger partial charge in [-0.1, -0.05) is 6.07 Å². The van der Waals surface area contributed by atoms with Gasteiger partial charge in [0.2, 0.25) is 10.0 Å². The van der Waals surface area contributed by atoms with Crippen molar-refractivity contribution in [1.29, 1.82) is 0 Å². The third kappa shape index (κ3) is 2.94. The van der Waals surface area contributed by atoms with Crippen molar-refractivity contribution in [3.63, 3.8) is 0 Å². The van der Waals surface area contributed by atoms with Crippen LogP contribution in [0.2, 0.25) is 0 Å². The van der Waals surface area contributed by atoms with Crippen LogP contribution in [0.4, 0.5) is 0 Å². The summed E-state index contributed by atoms with van der Waals surface area (Å²) in [4.78, 5) is 7.62. The Morgan fingerprint density at radius 1 is 1.00 bits per heavy atom. The molecule has 0 bridgehead atoms. The van der Waals surface area contributed by atoms with Gasteiger partial charge in [-0.15, -0.1) is 5.10 Å². The molecule has 142 valence electrons. The molecule has 1 aliphatic heterocycles. The standard InChI is InChI=1S/C20H19N5O2S/c26-28(27,17-3-4-18-15(12-17)2-1-8-21-18)25-10-6-14(7-11-25)19-13-16-5-9-22-20(16)24-23-19/h1-5,8-9,12-14H,6-7,10-11H2,(H,22,24). The van der Waals surface area contributed by atoms with E-state index in [1.54, 1.807) is 28.7 Å². The molecular formula is C20H19N5O2S. The smallest absolute Gasteiger partial charge is 0.243 e. The summed E-state index contributed by atoms with van der Waals surface area (Å²) in [5.74, 6) is 0.221. The molecule has 8 heteroatoms. The van der Waals surface area contributed by atoms with Crippen molar-refractivity contribution in [3.8, 4) is 0 Å². The van der Waals surface area contributed by atoms with Gasteiger partial charge in [0, 0.05) is 42.2 Å². The molecule has 1 aromatic carbocycles. The van der Waals surface area contributed by atoms with E-state index in [0.29, 0.717) is 18.0 Å². The summed E-state index contributed by atoms with van der Waals surface area (Å²) in [7, 11) is -3.52. The first kappa shape index (κ1) is 17.3. The fraction of sp³-hybridized carbons (Fsp3) is 0.250. The lowest BCUT2D eigenvalue weighted by Gasteiger charge is -2.30. The number of hydrogen-bond acceptors (Lipinski definition) is 5. The van der Waals surface area contributed by atoms with Gasteiger partial charge in [-0.05, 0) is 49.2 Å². The van der Waals surface area contributed by atoms with E-state index in [9.17, 15) is 8.42 Å². The number of fused-ring (bicyclic) bond motifs is 2. The van der Waals surface area contributed by atoms with Gasteiger partial charge < -0.3 is 4.98 Å². The Balaban J connectivity index is 1.36. The van der Waals surface area contributed by atoms with E-state index in [-0.39, 0.29) is 5.92 Å². The molecule has 0 amide bonds. The molecule has 0 spiro atoms. The molecule has 0 atom stereocenters. The normalized spacial score (nSPS) is 16.7. The molecule has 1 saturated heterocycles. The zero-order valence-corrected chi connectivity index (χ0v) is 15.9. The SMILES string of the molecule is O=S(=O)(c1ccc2ncccc2c1)N1CCC(c2cc3cc[nH]c3nn2)CC1. The van der Waals surface area contributed by atoms with E-state index in [1.807, 2.05) is 30.5 Å². The zero-order chi connectivity index (χ0) is 19.1. The second-order valence-corrected chi connectivity index (χ2v) is 9.03. The molecule has 4 aromatic rings. The number of pyridine rings is 1. The van der Waals surface area contributed by atoms with Crippen LogP contribution < -0.4 is 0 Å². The van der Waals surface area contributed by atoms with Crippen molar-refractivity contribution in [2.75, 3.05) is 13.1 Å². The van der Waals surface area contributed by atoms with E-state index in [0.717, 1.165) is 40.5 Å². The quantitative estimate of drug-likeness (QED) is 0.577. The number of nitrogens with one attached hydrogen (secondary N) is 1. The first-order chi connectivity index (χ1) is 13.6. The van der Waals surface area contributed by atoms with E-state index in [4.69, 9.17) is 0 Å². The minimum atomic E-state index is -3.52. The second kappa shape index (κ2) is 6.65. The Morgan fingerprint density at radius 2 is 1.86 bits per heavy atom. The van der Waals surface area contributed by atoms with Gasteiger partial charge in [0.15, 0.2) is 5.65 Å². The summed E-state index contributed by atoms with van der Waals surface area (Å²) >= 11 is 0. The number of sulfonamides is 1. The third-order valence-electron chi connectivity index (χ3n) is 5.41. The monoisotopic (exact) mass is 393 g/mol. The molecule has 1 aliphatic rings. The Hall–Kier alpha value is -2.84. The van der Waals surface area contributed by atoms with Crippen molar-refractivity contribution >= 4 is 32.0 Å². The average molecular weight is 393 g/mol. The van der Waals surface area contributed by atoms with Gasteiger partial charge in [0.1, 0.15) is 0 Å². The molecule has 7 nitrogen and oxygen atoms in total. The van der Waals surface area contributed by atoms with E-state index < -0.39 is 10.0 Å². The summed E-state index contributed by atoms with van der Waals surface area (Å²) in [5, 5.41) is 10.4. The lowest BCUT2D eigenvalue weighted by molar-refractivity contribution is 0.316. The third-order valence-corrected chi connectivity index (χ3v) is 7.30. The van der Waals surface area contributed by atoms with Gasteiger partial charge in [-0.2, -0.15) is 9.40 Å². The number of aromatic nitrogens is 4. The molecule has 1 fully saturated rings. The van der Waals surface area contributed by atoms with Crippen LogP contribution in [-0.4, -0.2) is 46.0 Å². The molecule has 3 aromatic heterocycles. The Morgan fingerprint density at radius 3 is 2.71 bits per heavy atom. The minimum absolute atomic E-state index is 0.221. The number of aromatic amines is 1. The molecule has 0 aliphatic carbocycles. The molecule has 5 rings (SSSR count).